The van der Waals surface area contributed by atoms with E-state index in [1.807, 2.05) is 0 Å². The Labute approximate surface area is 89.7 Å². The number of anilines is 1. The smallest absolute Gasteiger partial charge is 0.135 e. The standard InChI is InChI=1S/C11H16N4/c1-2-6-15(5-1)11-9-3-4-12-7-10(9)13-8-14-11/h8,12H,1-7H2. The van der Waals surface area contributed by atoms with Gasteiger partial charge in [0, 0.05) is 25.2 Å². The van der Waals surface area contributed by atoms with Crippen LogP contribution in [0.4, 0.5) is 5.82 Å². The largest absolute Gasteiger partial charge is 0.356 e. The van der Waals surface area contributed by atoms with Crippen molar-refractivity contribution in [3.8, 4) is 0 Å². The van der Waals surface area contributed by atoms with Crippen LogP contribution in [0.3, 0.4) is 0 Å². The zero-order valence-electron chi connectivity index (χ0n) is 8.87. The number of hydrogen-bond donors (Lipinski definition) is 1. The second kappa shape index (κ2) is 3.77. The Balaban J connectivity index is 1.99. The summed E-state index contributed by atoms with van der Waals surface area (Å²) >= 11 is 0. The van der Waals surface area contributed by atoms with Gasteiger partial charge in [0.2, 0.25) is 0 Å². The minimum Gasteiger partial charge on any atom is -0.356 e. The van der Waals surface area contributed by atoms with Gasteiger partial charge in [0.1, 0.15) is 12.1 Å². The van der Waals surface area contributed by atoms with Crippen LogP contribution in [0, 0.1) is 0 Å². The Morgan fingerprint density at radius 3 is 2.93 bits per heavy atom. The molecule has 0 bridgehead atoms. The van der Waals surface area contributed by atoms with Crippen molar-refractivity contribution in [2.45, 2.75) is 25.8 Å². The number of aromatic nitrogens is 2. The molecule has 0 spiro atoms. The molecule has 2 aliphatic heterocycles. The molecule has 80 valence electrons. The van der Waals surface area contributed by atoms with E-state index in [-0.39, 0.29) is 0 Å². The molecule has 1 saturated heterocycles. The number of hydrogen-bond acceptors (Lipinski definition) is 4. The highest BCUT2D eigenvalue weighted by Gasteiger charge is 2.21. The molecular formula is C11H16N4. The first-order chi connectivity index (χ1) is 7.45. The van der Waals surface area contributed by atoms with Crippen LogP contribution in [0.15, 0.2) is 6.33 Å². The first-order valence-electron chi connectivity index (χ1n) is 5.73. The van der Waals surface area contributed by atoms with Crippen molar-refractivity contribution in [1.82, 2.24) is 15.3 Å². The van der Waals surface area contributed by atoms with Crippen molar-refractivity contribution >= 4 is 5.82 Å². The average Bonchev–Trinajstić information content (AvgIpc) is 2.82. The fourth-order valence-corrected chi connectivity index (χ4v) is 2.47. The monoisotopic (exact) mass is 204 g/mol. The molecule has 1 fully saturated rings. The van der Waals surface area contributed by atoms with Crippen molar-refractivity contribution in [2.24, 2.45) is 0 Å². The third-order valence-corrected chi connectivity index (χ3v) is 3.26. The Kier molecular flexibility index (Phi) is 2.29. The van der Waals surface area contributed by atoms with Gasteiger partial charge in [0.15, 0.2) is 0 Å². The molecule has 0 unspecified atom stereocenters. The third-order valence-electron chi connectivity index (χ3n) is 3.26. The van der Waals surface area contributed by atoms with Gasteiger partial charge in [-0.1, -0.05) is 0 Å². The van der Waals surface area contributed by atoms with Crippen molar-refractivity contribution in [1.29, 1.82) is 0 Å². The predicted octanol–water partition coefficient (Wildman–Crippen LogP) is 0.722. The van der Waals surface area contributed by atoms with Crippen LogP contribution in [0.5, 0.6) is 0 Å². The first-order valence-corrected chi connectivity index (χ1v) is 5.73. The zero-order chi connectivity index (χ0) is 10.1. The van der Waals surface area contributed by atoms with E-state index in [9.17, 15) is 0 Å². The van der Waals surface area contributed by atoms with E-state index in [4.69, 9.17) is 0 Å². The van der Waals surface area contributed by atoms with Crippen LogP contribution >= 0.6 is 0 Å². The predicted molar refractivity (Wildman–Crippen MR) is 58.9 cm³/mol. The van der Waals surface area contributed by atoms with Crippen LogP contribution < -0.4 is 10.2 Å². The van der Waals surface area contributed by atoms with Gasteiger partial charge in [-0.25, -0.2) is 9.97 Å². The lowest BCUT2D eigenvalue weighted by Crippen LogP contribution is -2.29. The van der Waals surface area contributed by atoms with E-state index in [1.54, 1.807) is 6.33 Å². The van der Waals surface area contributed by atoms with Crippen LogP contribution in [-0.2, 0) is 13.0 Å². The maximum atomic E-state index is 4.46. The maximum absolute atomic E-state index is 4.46. The summed E-state index contributed by atoms with van der Waals surface area (Å²) in [5, 5.41) is 3.35. The highest BCUT2D eigenvalue weighted by molar-refractivity contribution is 5.50. The van der Waals surface area contributed by atoms with E-state index in [0.717, 1.165) is 32.6 Å². The molecule has 0 aliphatic carbocycles. The topological polar surface area (TPSA) is 41.1 Å². The highest BCUT2D eigenvalue weighted by atomic mass is 15.2. The SMILES string of the molecule is c1nc2c(c(N3CCCC3)n1)CCNC2. The molecule has 2 aliphatic rings. The minimum atomic E-state index is 0.901. The van der Waals surface area contributed by atoms with Gasteiger partial charge in [0.05, 0.1) is 5.69 Å². The average molecular weight is 204 g/mol. The molecule has 3 rings (SSSR count). The lowest BCUT2D eigenvalue weighted by molar-refractivity contribution is 0.621. The highest BCUT2D eigenvalue weighted by Crippen LogP contribution is 2.25. The van der Waals surface area contributed by atoms with Gasteiger partial charge in [-0.15, -0.1) is 0 Å². The van der Waals surface area contributed by atoms with E-state index < -0.39 is 0 Å². The first kappa shape index (κ1) is 9.09. The Morgan fingerprint density at radius 1 is 1.20 bits per heavy atom. The van der Waals surface area contributed by atoms with Crippen LogP contribution in [-0.4, -0.2) is 29.6 Å². The molecular weight excluding hydrogens is 188 g/mol. The van der Waals surface area contributed by atoms with Crippen LogP contribution in [0.1, 0.15) is 24.1 Å². The summed E-state index contributed by atoms with van der Waals surface area (Å²) in [5.74, 6) is 1.19. The summed E-state index contributed by atoms with van der Waals surface area (Å²) in [6, 6.07) is 0. The molecule has 1 aromatic rings. The fourth-order valence-electron chi connectivity index (χ4n) is 2.47. The van der Waals surface area contributed by atoms with E-state index in [0.29, 0.717) is 0 Å². The van der Waals surface area contributed by atoms with Crippen molar-refractivity contribution < 1.29 is 0 Å². The van der Waals surface area contributed by atoms with Crippen molar-refractivity contribution in [3.05, 3.63) is 17.6 Å². The van der Waals surface area contributed by atoms with Gasteiger partial charge in [0.25, 0.3) is 0 Å². The lowest BCUT2D eigenvalue weighted by Gasteiger charge is -2.24. The summed E-state index contributed by atoms with van der Waals surface area (Å²) in [4.78, 5) is 11.2. The molecule has 0 aromatic carbocycles. The van der Waals surface area contributed by atoms with E-state index >= 15 is 0 Å². The Bertz CT molecular complexity index is 358. The second-order valence-corrected chi connectivity index (χ2v) is 4.24. The molecule has 15 heavy (non-hydrogen) atoms. The summed E-state index contributed by atoms with van der Waals surface area (Å²) in [6.07, 6.45) is 5.38. The number of rotatable bonds is 1. The third kappa shape index (κ3) is 1.59. The summed E-state index contributed by atoms with van der Waals surface area (Å²) in [7, 11) is 0. The Morgan fingerprint density at radius 2 is 2.07 bits per heavy atom. The molecule has 4 nitrogen and oxygen atoms in total. The molecule has 0 radical (unpaired) electrons. The number of fused-ring (bicyclic) bond motifs is 1. The molecule has 1 N–H and O–H groups in total. The second-order valence-electron chi connectivity index (χ2n) is 4.24. The summed E-state index contributed by atoms with van der Waals surface area (Å²) in [6.45, 7) is 4.29. The normalized spacial score (nSPS) is 20.4. The van der Waals surface area contributed by atoms with Gasteiger partial charge in [-0.05, 0) is 25.8 Å². The van der Waals surface area contributed by atoms with Crippen molar-refractivity contribution in [3.63, 3.8) is 0 Å². The molecule has 0 atom stereocenters. The number of nitrogens with one attached hydrogen (secondary N) is 1. The summed E-state index contributed by atoms with van der Waals surface area (Å²) in [5.41, 5.74) is 2.57. The van der Waals surface area contributed by atoms with E-state index in [2.05, 4.69) is 20.2 Å². The van der Waals surface area contributed by atoms with E-state index in [1.165, 1.54) is 29.9 Å². The quantitative estimate of drug-likeness (QED) is 0.732. The van der Waals surface area contributed by atoms with Gasteiger partial charge in [-0.2, -0.15) is 0 Å². The fraction of sp³-hybridized carbons (Fsp3) is 0.636. The zero-order valence-corrected chi connectivity index (χ0v) is 8.87. The van der Waals surface area contributed by atoms with Crippen LogP contribution in [0.25, 0.3) is 0 Å². The molecule has 1 aromatic heterocycles. The van der Waals surface area contributed by atoms with Crippen LogP contribution in [0.2, 0.25) is 0 Å². The summed E-state index contributed by atoms with van der Waals surface area (Å²) < 4.78 is 0. The maximum Gasteiger partial charge on any atom is 0.135 e. The molecule has 0 saturated carbocycles. The molecule has 0 amide bonds. The molecule has 3 heterocycles. The minimum absolute atomic E-state index is 0.901. The van der Waals surface area contributed by atoms with Gasteiger partial charge < -0.3 is 10.2 Å². The van der Waals surface area contributed by atoms with Gasteiger partial charge in [-0.3, -0.25) is 0 Å². The number of nitrogens with zero attached hydrogens (tertiary/aromatic N) is 3. The van der Waals surface area contributed by atoms with Gasteiger partial charge >= 0.3 is 0 Å². The Hall–Kier alpha value is -1.16. The molecule has 4 heteroatoms. The lowest BCUT2D eigenvalue weighted by atomic mass is 10.1. The van der Waals surface area contributed by atoms with Crippen molar-refractivity contribution in [2.75, 3.05) is 24.5 Å².